The van der Waals surface area contributed by atoms with Gasteiger partial charge >= 0.3 is 5.24 Å². The standard InChI is InChI=1S/C17H17N5O5S/c18-14-11-15(20-7-19-14)22(8-21-11)16-13(24)12(23)10(27-16)6-25-17(28)26-9-4-2-1-3-5-9/h1-5,7-8,10,12-13,16,23-24H,6H2,(H2,18,19,20)/t10-,12-,13-,16-/m1/s1. The molecule has 0 radical (unpaired) electrons. The first kappa shape index (κ1) is 18.5. The van der Waals surface area contributed by atoms with Gasteiger partial charge in [-0.25, -0.2) is 15.0 Å². The Morgan fingerprint density at radius 1 is 1.18 bits per heavy atom. The van der Waals surface area contributed by atoms with Crippen molar-refractivity contribution in [3.05, 3.63) is 43.0 Å². The first-order chi connectivity index (χ1) is 13.5. The highest BCUT2D eigenvalue weighted by molar-refractivity contribution is 7.79. The van der Waals surface area contributed by atoms with Crippen LogP contribution in [0.15, 0.2) is 43.0 Å². The van der Waals surface area contributed by atoms with E-state index in [1.54, 1.807) is 24.3 Å². The number of nitrogen functional groups attached to an aromatic ring is 1. The number of imidazole rings is 1. The molecule has 3 heterocycles. The molecule has 146 valence electrons. The van der Waals surface area contributed by atoms with Gasteiger partial charge in [0.1, 0.15) is 42.5 Å². The highest BCUT2D eigenvalue weighted by atomic mass is 32.1. The second-order valence-electron chi connectivity index (χ2n) is 6.11. The number of benzene rings is 1. The van der Waals surface area contributed by atoms with E-state index in [2.05, 4.69) is 15.0 Å². The lowest BCUT2D eigenvalue weighted by molar-refractivity contribution is -0.0506. The predicted molar refractivity (Wildman–Crippen MR) is 101 cm³/mol. The number of ether oxygens (including phenoxy) is 3. The van der Waals surface area contributed by atoms with Crippen LogP contribution in [0.1, 0.15) is 6.23 Å². The van der Waals surface area contributed by atoms with Crippen molar-refractivity contribution in [2.45, 2.75) is 24.5 Å². The number of para-hydroxylation sites is 1. The fraction of sp³-hybridized carbons (Fsp3) is 0.294. The van der Waals surface area contributed by atoms with Gasteiger partial charge < -0.3 is 30.2 Å². The maximum atomic E-state index is 10.4. The number of fused-ring (bicyclic) bond motifs is 1. The van der Waals surface area contributed by atoms with Crippen LogP contribution in [0.3, 0.4) is 0 Å². The topological polar surface area (TPSA) is 138 Å². The van der Waals surface area contributed by atoms with Gasteiger partial charge in [0, 0.05) is 12.2 Å². The summed E-state index contributed by atoms with van der Waals surface area (Å²) in [5.41, 5.74) is 6.54. The summed E-state index contributed by atoms with van der Waals surface area (Å²) in [7, 11) is 0. The molecular weight excluding hydrogens is 386 g/mol. The van der Waals surface area contributed by atoms with Crippen molar-refractivity contribution in [1.29, 1.82) is 0 Å². The number of thiocarbonyl (C=S) groups is 1. The van der Waals surface area contributed by atoms with Crippen LogP contribution in [0.2, 0.25) is 0 Å². The number of aliphatic hydroxyl groups excluding tert-OH is 2. The van der Waals surface area contributed by atoms with Crippen molar-refractivity contribution < 1.29 is 24.4 Å². The van der Waals surface area contributed by atoms with Crippen LogP contribution in [0, 0.1) is 0 Å². The molecule has 11 heteroatoms. The molecule has 0 bridgehead atoms. The Morgan fingerprint density at radius 3 is 2.75 bits per heavy atom. The molecule has 0 spiro atoms. The number of anilines is 1. The van der Waals surface area contributed by atoms with Gasteiger partial charge in [-0.05, 0) is 12.1 Å². The minimum atomic E-state index is -1.23. The highest BCUT2D eigenvalue weighted by Crippen LogP contribution is 2.32. The normalized spacial score (nSPS) is 24.4. The van der Waals surface area contributed by atoms with Crippen molar-refractivity contribution >= 4 is 34.4 Å². The van der Waals surface area contributed by atoms with Gasteiger partial charge in [-0.15, -0.1) is 0 Å². The van der Waals surface area contributed by atoms with E-state index in [4.69, 9.17) is 32.2 Å². The summed E-state index contributed by atoms with van der Waals surface area (Å²) >= 11 is 5.04. The van der Waals surface area contributed by atoms with Crippen LogP contribution in [0.4, 0.5) is 5.82 Å². The summed E-state index contributed by atoms with van der Waals surface area (Å²) in [5.74, 6) is 0.737. The molecule has 28 heavy (non-hydrogen) atoms. The summed E-state index contributed by atoms with van der Waals surface area (Å²) in [6.45, 7) is -0.107. The number of nitrogens with zero attached hydrogens (tertiary/aromatic N) is 4. The maximum absolute atomic E-state index is 10.4. The lowest BCUT2D eigenvalue weighted by Gasteiger charge is -2.16. The van der Waals surface area contributed by atoms with Crippen LogP contribution in [-0.2, 0) is 9.47 Å². The van der Waals surface area contributed by atoms with Crippen molar-refractivity contribution in [2.75, 3.05) is 12.3 Å². The molecule has 1 saturated heterocycles. The molecular formula is C17H17N5O5S. The molecule has 1 aromatic carbocycles. The maximum Gasteiger partial charge on any atom is 0.357 e. The Balaban J connectivity index is 1.43. The van der Waals surface area contributed by atoms with Crippen LogP contribution in [-0.4, -0.2) is 59.9 Å². The second-order valence-corrected chi connectivity index (χ2v) is 6.44. The molecule has 4 N–H and O–H groups in total. The molecule has 2 aromatic heterocycles. The van der Waals surface area contributed by atoms with E-state index in [1.165, 1.54) is 17.2 Å². The Bertz CT molecular complexity index is 984. The van der Waals surface area contributed by atoms with Crippen LogP contribution >= 0.6 is 12.2 Å². The van der Waals surface area contributed by atoms with Crippen molar-refractivity contribution in [3.8, 4) is 5.75 Å². The summed E-state index contributed by atoms with van der Waals surface area (Å²) in [4.78, 5) is 12.1. The number of aliphatic hydroxyl groups is 2. The highest BCUT2D eigenvalue weighted by Gasteiger charge is 2.44. The van der Waals surface area contributed by atoms with E-state index in [0.717, 1.165) is 0 Å². The molecule has 0 unspecified atom stereocenters. The van der Waals surface area contributed by atoms with Crippen molar-refractivity contribution in [3.63, 3.8) is 0 Å². The number of hydrogen-bond donors (Lipinski definition) is 3. The predicted octanol–water partition coefficient (Wildman–Crippen LogP) is 0.408. The third kappa shape index (κ3) is 3.47. The lowest BCUT2D eigenvalue weighted by atomic mass is 10.1. The summed E-state index contributed by atoms with van der Waals surface area (Å²) in [6, 6.07) is 8.91. The van der Waals surface area contributed by atoms with Crippen molar-refractivity contribution in [2.24, 2.45) is 0 Å². The second kappa shape index (κ2) is 7.64. The van der Waals surface area contributed by atoms with Gasteiger partial charge in [0.2, 0.25) is 0 Å². The minimum Gasteiger partial charge on any atom is -0.454 e. The van der Waals surface area contributed by atoms with Gasteiger partial charge in [-0.2, -0.15) is 0 Å². The third-order valence-electron chi connectivity index (χ3n) is 4.31. The fourth-order valence-electron chi connectivity index (χ4n) is 2.92. The molecule has 0 saturated carbocycles. The number of hydrogen-bond acceptors (Lipinski definition) is 10. The van der Waals surface area contributed by atoms with Gasteiger partial charge in [0.15, 0.2) is 17.7 Å². The summed E-state index contributed by atoms with van der Waals surface area (Å²) < 4.78 is 18.0. The summed E-state index contributed by atoms with van der Waals surface area (Å²) in [6.07, 6.45) is -1.50. The number of aromatic nitrogens is 4. The van der Waals surface area contributed by atoms with E-state index in [-0.39, 0.29) is 17.7 Å². The fourth-order valence-corrected chi connectivity index (χ4v) is 3.08. The van der Waals surface area contributed by atoms with E-state index in [9.17, 15) is 10.2 Å². The zero-order chi connectivity index (χ0) is 19.7. The van der Waals surface area contributed by atoms with Crippen LogP contribution in [0.5, 0.6) is 5.75 Å². The molecule has 1 fully saturated rings. The molecule has 4 atom stereocenters. The van der Waals surface area contributed by atoms with E-state index in [0.29, 0.717) is 16.9 Å². The first-order valence-electron chi connectivity index (χ1n) is 8.39. The van der Waals surface area contributed by atoms with Crippen molar-refractivity contribution in [1.82, 2.24) is 19.5 Å². The molecule has 1 aliphatic heterocycles. The molecule has 1 aliphatic rings. The SMILES string of the molecule is Nc1ncnc2c1ncn2[C@@H]1O[C@H](COC(=S)Oc2ccccc2)[C@@H](O)[C@H]1O. The molecule has 3 aromatic rings. The monoisotopic (exact) mass is 403 g/mol. The number of rotatable bonds is 4. The van der Waals surface area contributed by atoms with E-state index < -0.39 is 24.5 Å². The minimum absolute atomic E-state index is 0.107. The van der Waals surface area contributed by atoms with E-state index >= 15 is 0 Å². The van der Waals surface area contributed by atoms with Crippen LogP contribution < -0.4 is 10.5 Å². The van der Waals surface area contributed by atoms with Gasteiger partial charge in [0.25, 0.3) is 0 Å². The first-order valence-corrected chi connectivity index (χ1v) is 8.79. The smallest absolute Gasteiger partial charge is 0.357 e. The summed E-state index contributed by atoms with van der Waals surface area (Å²) in [5, 5.41) is 20.6. The lowest BCUT2D eigenvalue weighted by Crippen LogP contribution is -2.34. The zero-order valence-corrected chi connectivity index (χ0v) is 15.3. The molecule has 4 rings (SSSR count). The number of nitrogens with two attached hydrogens (primary N) is 1. The molecule has 10 nitrogen and oxygen atoms in total. The van der Waals surface area contributed by atoms with Crippen LogP contribution in [0.25, 0.3) is 11.2 Å². The average Bonchev–Trinajstić information content (AvgIpc) is 3.24. The Kier molecular flexibility index (Phi) is 5.05. The molecule has 0 aliphatic carbocycles. The Morgan fingerprint density at radius 2 is 1.96 bits per heavy atom. The average molecular weight is 403 g/mol. The molecule has 0 amide bonds. The van der Waals surface area contributed by atoms with Gasteiger partial charge in [0.05, 0.1) is 6.33 Å². The zero-order valence-electron chi connectivity index (χ0n) is 14.5. The Hall–Kier alpha value is -2.86. The van der Waals surface area contributed by atoms with Gasteiger partial charge in [-0.3, -0.25) is 4.57 Å². The van der Waals surface area contributed by atoms with E-state index in [1.807, 2.05) is 6.07 Å². The quantitative estimate of drug-likeness (QED) is 0.525. The van der Waals surface area contributed by atoms with Gasteiger partial charge in [-0.1, -0.05) is 18.2 Å². The Labute approximate surface area is 164 Å². The third-order valence-corrected chi connectivity index (χ3v) is 4.51. The largest absolute Gasteiger partial charge is 0.454 e.